The molecule has 0 N–H and O–H groups in total. The molecule has 1 aromatic heterocycles. The third-order valence-electron chi connectivity index (χ3n) is 4.40. The second-order valence-electron chi connectivity index (χ2n) is 5.66. The second kappa shape index (κ2) is 6.32. The summed E-state index contributed by atoms with van der Waals surface area (Å²) >= 11 is 5.91. The molecule has 1 atom stereocenters. The summed E-state index contributed by atoms with van der Waals surface area (Å²) in [6.45, 7) is 3.86. The number of halogens is 2. The molecule has 0 radical (unpaired) electrons. The number of aromatic nitrogens is 2. The average Bonchev–Trinajstić information content (AvgIpc) is 2.85. The lowest BCUT2D eigenvalue weighted by molar-refractivity contribution is 0.0515. The number of alkyl halides is 1. The normalized spacial score (nSPS) is 18.2. The zero-order chi connectivity index (χ0) is 14.8. The van der Waals surface area contributed by atoms with Gasteiger partial charge < -0.3 is 9.30 Å². The van der Waals surface area contributed by atoms with Crippen LogP contribution in [0.5, 0.6) is 0 Å². The Kier molecular flexibility index (Phi) is 4.45. The highest BCUT2D eigenvalue weighted by atomic mass is 35.5. The zero-order valence-electron chi connectivity index (χ0n) is 12.2. The summed E-state index contributed by atoms with van der Waals surface area (Å²) in [4.78, 5) is 4.59. The second-order valence-corrected chi connectivity index (χ2v) is 6.04. The molecule has 1 saturated heterocycles. The molecular weight excluding hydrogens is 291 g/mol. The molecule has 3 nitrogen and oxygen atoms in total. The van der Waals surface area contributed by atoms with Gasteiger partial charge in [-0.1, -0.05) is 0 Å². The van der Waals surface area contributed by atoms with Crippen molar-refractivity contribution in [1.82, 2.24) is 9.55 Å². The van der Waals surface area contributed by atoms with Crippen molar-refractivity contribution in [3.63, 3.8) is 0 Å². The molecule has 114 valence electrons. The molecule has 1 fully saturated rings. The van der Waals surface area contributed by atoms with Crippen LogP contribution in [-0.2, 0) is 11.2 Å². The van der Waals surface area contributed by atoms with E-state index in [4.69, 9.17) is 16.3 Å². The first kappa shape index (κ1) is 14.8. The molecule has 0 bridgehead atoms. The smallest absolute Gasteiger partial charge is 0.125 e. The molecule has 1 aromatic carbocycles. The van der Waals surface area contributed by atoms with Crippen LogP contribution in [-0.4, -0.2) is 28.6 Å². The van der Waals surface area contributed by atoms with Crippen molar-refractivity contribution in [2.75, 3.05) is 19.1 Å². The van der Waals surface area contributed by atoms with Gasteiger partial charge in [-0.2, -0.15) is 0 Å². The Morgan fingerprint density at radius 3 is 2.90 bits per heavy atom. The molecule has 5 heteroatoms. The molecule has 1 aliphatic rings. The number of hydrogen-bond acceptors (Lipinski definition) is 2. The van der Waals surface area contributed by atoms with Crippen LogP contribution in [0.25, 0.3) is 11.0 Å². The van der Waals surface area contributed by atoms with Crippen molar-refractivity contribution in [3.05, 3.63) is 29.8 Å². The SMILES string of the molecule is CC(C1CCOCC1)n1c(CCCl)nc2cc(F)ccc21. The lowest BCUT2D eigenvalue weighted by atomic mass is 9.92. The molecule has 0 amide bonds. The van der Waals surface area contributed by atoms with E-state index in [0.29, 0.717) is 29.8 Å². The summed E-state index contributed by atoms with van der Waals surface area (Å²) in [6.07, 6.45) is 2.82. The van der Waals surface area contributed by atoms with E-state index in [0.717, 1.165) is 37.4 Å². The maximum atomic E-state index is 13.4. The number of ether oxygens (including phenoxy) is 1. The van der Waals surface area contributed by atoms with Gasteiger partial charge in [0.2, 0.25) is 0 Å². The summed E-state index contributed by atoms with van der Waals surface area (Å²) in [6, 6.07) is 5.15. The highest BCUT2D eigenvalue weighted by Crippen LogP contribution is 2.32. The van der Waals surface area contributed by atoms with E-state index in [-0.39, 0.29) is 5.82 Å². The van der Waals surface area contributed by atoms with Gasteiger partial charge in [-0.25, -0.2) is 9.37 Å². The van der Waals surface area contributed by atoms with Crippen molar-refractivity contribution in [1.29, 1.82) is 0 Å². The van der Waals surface area contributed by atoms with E-state index in [1.807, 2.05) is 6.07 Å². The Hall–Kier alpha value is -1.13. The van der Waals surface area contributed by atoms with Gasteiger partial charge in [0.1, 0.15) is 11.6 Å². The zero-order valence-corrected chi connectivity index (χ0v) is 12.9. The van der Waals surface area contributed by atoms with Crippen LogP contribution >= 0.6 is 11.6 Å². The Balaban J connectivity index is 2.03. The number of imidazole rings is 1. The molecule has 1 unspecified atom stereocenters. The molecule has 0 saturated carbocycles. The number of aryl methyl sites for hydroxylation is 1. The van der Waals surface area contributed by atoms with Gasteiger partial charge in [-0.15, -0.1) is 11.6 Å². The monoisotopic (exact) mass is 310 g/mol. The molecule has 0 aliphatic carbocycles. The maximum absolute atomic E-state index is 13.4. The van der Waals surface area contributed by atoms with E-state index < -0.39 is 0 Å². The first-order valence-electron chi connectivity index (χ1n) is 7.50. The van der Waals surface area contributed by atoms with Crippen LogP contribution < -0.4 is 0 Å². The highest BCUT2D eigenvalue weighted by Gasteiger charge is 2.25. The first-order valence-corrected chi connectivity index (χ1v) is 8.04. The van der Waals surface area contributed by atoms with Crippen LogP contribution in [0, 0.1) is 11.7 Å². The Morgan fingerprint density at radius 2 is 2.19 bits per heavy atom. The van der Waals surface area contributed by atoms with Crippen LogP contribution in [0.3, 0.4) is 0 Å². The minimum absolute atomic E-state index is 0.247. The fourth-order valence-electron chi connectivity index (χ4n) is 3.25. The van der Waals surface area contributed by atoms with Gasteiger partial charge in [0, 0.05) is 37.6 Å². The van der Waals surface area contributed by atoms with E-state index in [1.165, 1.54) is 12.1 Å². The van der Waals surface area contributed by atoms with Crippen molar-refractivity contribution < 1.29 is 9.13 Å². The van der Waals surface area contributed by atoms with Gasteiger partial charge in [0.05, 0.1) is 11.0 Å². The lowest BCUT2D eigenvalue weighted by Gasteiger charge is -2.30. The minimum Gasteiger partial charge on any atom is -0.381 e. The Bertz CT molecular complexity index is 622. The van der Waals surface area contributed by atoms with Crippen molar-refractivity contribution in [2.24, 2.45) is 5.92 Å². The summed E-state index contributed by atoms with van der Waals surface area (Å²) in [5.41, 5.74) is 1.71. The van der Waals surface area contributed by atoms with Gasteiger partial charge in [0.15, 0.2) is 0 Å². The predicted octanol–water partition coefficient (Wildman–Crippen LogP) is 3.94. The molecule has 21 heavy (non-hydrogen) atoms. The fourth-order valence-corrected chi connectivity index (χ4v) is 3.42. The van der Waals surface area contributed by atoms with E-state index in [2.05, 4.69) is 16.5 Å². The number of hydrogen-bond donors (Lipinski definition) is 0. The third-order valence-corrected chi connectivity index (χ3v) is 4.59. The maximum Gasteiger partial charge on any atom is 0.125 e. The van der Waals surface area contributed by atoms with Gasteiger partial charge in [-0.05, 0) is 37.8 Å². The topological polar surface area (TPSA) is 27.1 Å². The summed E-state index contributed by atoms with van der Waals surface area (Å²) in [5, 5.41) is 0. The van der Waals surface area contributed by atoms with Gasteiger partial charge >= 0.3 is 0 Å². The summed E-state index contributed by atoms with van der Waals surface area (Å²) < 4.78 is 21.1. The number of fused-ring (bicyclic) bond motifs is 1. The molecule has 0 spiro atoms. The van der Waals surface area contributed by atoms with Crippen molar-refractivity contribution in [2.45, 2.75) is 32.2 Å². The van der Waals surface area contributed by atoms with Crippen molar-refractivity contribution in [3.8, 4) is 0 Å². The third kappa shape index (κ3) is 2.92. The first-order chi connectivity index (χ1) is 10.2. The quantitative estimate of drug-likeness (QED) is 0.800. The van der Waals surface area contributed by atoms with Crippen molar-refractivity contribution >= 4 is 22.6 Å². The van der Waals surface area contributed by atoms with Crippen LogP contribution in [0.2, 0.25) is 0 Å². The average molecular weight is 311 g/mol. The summed E-state index contributed by atoms with van der Waals surface area (Å²) in [7, 11) is 0. The van der Waals surface area contributed by atoms with Gasteiger partial charge in [0.25, 0.3) is 0 Å². The summed E-state index contributed by atoms with van der Waals surface area (Å²) in [5.74, 6) is 1.79. The standard InChI is InChI=1S/C16H20ClFN2O/c1-11(12-5-8-21-9-6-12)20-15-3-2-13(18)10-14(15)19-16(20)4-7-17/h2-3,10-12H,4-9H2,1H3. The Morgan fingerprint density at radius 1 is 1.43 bits per heavy atom. The molecule has 1 aliphatic heterocycles. The molecule has 2 aromatic rings. The van der Waals surface area contributed by atoms with E-state index >= 15 is 0 Å². The lowest BCUT2D eigenvalue weighted by Crippen LogP contribution is -2.25. The molecule has 2 heterocycles. The largest absolute Gasteiger partial charge is 0.381 e. The number of rotatable bonds is 4. The van der Waals surface area contributed by atoms with Crippen LogP contribution in [0.15, 0.2) is 18.2 Å². The Labute approximate surface area is 129 Å². The van der Waals surface area contributed by atoms with Crippen LogP contribution in [0.4, 0.5) is 4.39 Å². The van der Waals surface area contributed by atoms with Crippen LogP contribution in [0.1, 0.15) is 31.6 Å². The molecular formula is C16H20ClFN2O. The van der Waals surface area contributed by atoms with Gasteiger partial charge in [-0.3, -0.25) is 0 Å². The fraction of sp³-hybridized carbons (Fsp3) is 0.562. The predicted molar refractivity (Wildman–Crippen MR) is 82.4 cm³/mol. The number of benzene rings is 1. The molecule has 3 rings (SSSR count). The number of nitrogens with zero attached hydrogens (tertiary/aromatic N) is 2. The highest BCUT2D eigenvalue weighted by molar-refractivity contribution is 6.17. The van der Waals surface area contributed by atoms with E-state index in [1.54, 1.807) is 0 Å². The minimum atomic E-state index is -0.247. The van der Waals surface area contributed by atoms with E-state index in [9.17, 15) is 4.39 Å².